The third kappa shape index (κ3) is 2.27. The molecule has 0 unspecified atom stereocenters. The zero-order chi connectivity index (χ0) is 10.5. The molecule has 2 aromatic rings. The van der Waals surface area contributed by atoms with E-state index in [9.17, 15) is 4.79 Å². The van der Waals surface area contributed by atoms with Crippen LogP contribution in [0.4, 0.5) is 0 Å². The van der Waals surface area contributed by atoms with Crippen LogP contribution in [0.5, 0.6) is 0 Å². The fourth-order valence-electron chi connectivity index (χ4n) is 1.09. The predicted octanol–water partition coefficient (Wildman–Crippen LogP) is 1.76. The molecule has 0 aliphatic rings. The SMILES string of the molecule is O=CC#Cc1ccc(-c2cncnc2)s1. The maximum atomic E-state index is 10.1. The molecule has 3 nitrogen and oxygen atoms in total. The van der Waals surface area contributed by atoms with Crippen LogP contribution in [0, 0.1) is 11.8 Å². The lowest BCUT2D eigenvalue weighted by molar-refractivity contribution is -0.103. The number of aromatic nitrogens is 2. The molecule has 0 bridgehead atoms. The highest BCUT2D eigenvalue weighted by Crippen LogP contribution is 2.26. The first kappa shape index (κ1) is 9.56. The van der Waals surface area contributed by atoms with Crippen LogP contribution in [0.25, 0.3) is 10.4 Å². The second-order valence-corrected chi connectivity index (χ2v) is 3.76. The van der Waals surface area contributed by atoms with Crippen molar-refractivity contribution >= 4 is 17.6 Å². The van der Waals surface area contributed by atoms with Gasteiger partial charge in [-0.15, -0.1) is 11.3 Å². The Balaban J connectivity index is 2.32. The van der Waals surface area contributed by atoms with E-state index in [-0.39, 0.29) is 0 Å². The van der Waals surface area contributed by atoms with E-state index in [1.807, 2.05) is 12.1 Å². The lowest BCUT2D eigenvalue weighted by Gasteiger charge is -1.92. The van der Waals surface area contributed by atoms with Crippen LogP contribution in [0.15, 0.2) is 30.9 Å². The molecule has 0 atom stereocenters. The number of carbonyl (C=O) groups is 1. The first-order valence-corrected chi connectivity index (χ1v) is 5.02. The van der Waals surface area contributed by atoms with Crippen molar-refractivity contribution in [3.63, 3.8) is 0 Å². The van der Waals surface area contributed by atoms with Gasteiger partial charge in [0.2, 0.25) is 0 Å². The molecule has 4 heteroatoms. The molecule has 0 fully saturated rings. The van der Waals surface area contributed by atoms with Crippen molar-refractivity contribution in [1.82, 2.24) is 9.97 Å². The van der Waals surface area contributed by atoms with E-state index in [4.69, 9.17) is 0 Å². The Morgan fingerprint density at radius 2 is 2.07 bits per heavy atom. The first-order valence-electron chi connectivity index (χ1n) is 4.20. The molecule has 0 saturated heterocycles. The number of nitrogens with zero attached hydrogens (tertiary/aromatic N) is 2. The van der Waals surface area contributed by atoms with Crippen molar-refractivity contribution < 1.29 is 4.79 Å². The van der Waals surface area contributed by atoms with Crippen LogP contribution < -0.4 is 0 Å². The Kier molecular flexibility index (Phi) is 2.86. The monoisotopic (exact) mass is 214 g/mol. The lowest BCUT2D eigenvalue weighted by atomic mass is 10.3. The molecule has 0 aliphatic heterocycles. The van der Waals surface area contributed by atoms with E-state index in [0.717, 1.165) is 15.3 Å². The summed E-state index contributed by atoms with van der Waals surface area (Å²) in [4.78, 5) is 19.8. The summed E-state index contributed by atoms with van der Waals surface area (Å²) in [6, 6.07) is 3.82. The normalized spacial score (nSPS) is 9.07. The van der Waals surface area contributed by atoms with Crippen molar-refractivity contribution in [2.24, 2.45) is 0 Å². The highest BCUT2D eigenvalue weighted by molar-refractivity contribution is 7.16. The van der Waals surface area contributed by atoms with Crippen molar-refractivity contribution in [3.05, 3.63) is 35.7 Å². The fraction of sp³-hybridized carbons (Fsp3) is 0. The summed E-state index contributed by atoms with van der Waals surface area (Å²) < 4.78 is 0. The summed E-state index contributed by atoms with van der Waals surface area (Å²) >= 11 is 1.51. The van der Waals surface area contributed by atoms with Gasteiger partial charge in [0.15, 0.2) is 6.29 Å². The van der Waals surface area contributed by atoms with Crippen LogP contribution >= 0.6 is 11.3 Å². The Morgan fingerprint density at radius 1 is 1.27 bits per heavy atom. The van der Waals surface area contributed by atoms with Gasteiger partial charge < -0.3 is 0 Å². The molecule has 0 radical (unpaired) electrons. The van der Waals surface area contributed by atoms with Gasteiger partial charge in [0.05, 0.1) is 4.88 Å². The highest BCUT2D eigenvalue weighted by atomic mass is 32.1. The summed E-state index contributed by atoms with van der Waals surface area (Å²) in [5.41, 5.74) is 0.960. The Bertz CT molecular complexity index is 522. The molecule has 0 N–H and O–H groups in total. The minimum atomic E-state index is 0.588. The van der Waals surface area contributed by atoms with Gasteiger partial charge in [-0.2, -0.15) is 0 Å². The third-order valence-corrected chi connectivity index (χ3v) is 2.76. The number of aldehydes is 1. The van der Waals surface area contributed by atoms with E-state index < -0.39 is 0 Å². The number of thiophene rings is 1. The minimum Gasteiger partial charge on any atom is -0.289 e. The largest absolute Gasteiger partial charge is 0.289 e. The molecule has 2 aromatic heterocycles. The van der Waals surface area contributed by atoms with Crippen LogP contribution in [0.3, 0.4) is 0 Å². The van der Waals surface area contributed by atoms with Gasteiger partial charge in [0.25, 0.3) is 0 Å². The van der Waals surface area contributed by atoms with Gasteiger partial charge in [-0.3, -0.25) is 4.79 Å². The number of hydrogen-bond acceptors (Lipinski definition) is 4. The molecule has 0 aromatic carbocycles. The van der Waals surface area contributed by atoms with Crippen molar-refractivity contribution in [3.8, 4) is 22.3 Å². The van der Waals surface area contributed by atoms with Crippen LogP contribution in [-0.2, 0) is 4.79 Å². The molecule has 0 aliphatic carbocycles. The Hall–Kier alpha value is -1.99. The topological polar surface area (TPSA) is 42.9 Å². The fourth-order valence-corrected chi connectivity index (χ4v) is 1.93. The second-order valence-electron chi connectivity index (χ2n) is 2.68. The summed E-state index contributed by atoms with van der Waals surface area (Å²) in [7, 11) is 0. The third-order valence-electron chi connectivity index (χ3n) is 1.71. The van der Waals surface area contributed by atoms with E-state index in [1.54, 1.807) is 12.4 Å². The van der Waals surface area contributed by atoms with Crippen molar-refractivity contribution in [2.45, 2.75) is 0 Å². The smallest absolute Gasteiger partial charge is 0.193 e. The molecule has 0 saturated carbocycles. The van der Waals surface area contributed by atoms with Crippen molar-refractivity contribution in [2.75, 3.05) is 0 Å². The van der Waals surface area contributed by atoms with Gasteiger partial charge in [-0.25, -0.2) is 9.97 Å². The zero-order valence-corrected chi connectivity index (χ0v) is 8.49. The van der Waals surface area contributed by atoms with Crippen LogP contribution in [0.1, 0.15) is 4.88 Å². The van der Waals surface area contributed by atoms with E-state index in [0.29, 0.717) is 6.29 Å². The summed E-state index contributed by atoms with van der Waals surface area (Å²) in [6.07, 6.45) is 5.57. The average molecular weight is 214 g/mol. The van der Waals surface area contributed by atoms with E-state index in [2.05, 4.69) is 21.8 Å². The van der Waals surface area contributed by atoms with Gasteiger partial charge in [0.1, 0.15) is 6.33 Å². The quantitative estimate of drug-likeness (QED) is 0.536. The number of hydrogen-bond donors (Lipinski definition) is 0. The minimum absolute atomic E-state index is 0.588. The predicted molar refractivity (Wildman–Crippen MR) is 58.3 cm³/mol. The Morgan fingerprint density at radius 3 is 2.80 bits per heavy atom. The average Bonchev–Trinajstić information content (AvgIpc) is 2.76. The van der Waals surface area contributed by atoms with Crippen LogP contribution in [0.2, 0.25) is 0 Å². The highest BCUT2D eigenvalue weighted by Gasteiger charge is 2.00. The Labute approximate surface area is 90.8 Å². The van der Waals surface area contributed by atoms with E-state index in [1.165, 1.54) is 17.7 Å². The van der Waals surface area contributed by atoms with Crippen molar-refractivity contribution in [1.29, 1.82) is 0 Å². The molecule has 0 spiro atoms. The number of rotatable bonds is 1. The maximum absolute atomic E-state index is 10.1. The summed E-state index contributed by atoms with van der Waals surface area (Å²) in [5, 5.41) is 0. The molecular weight excluding hydrogens is 208 g/mol. The summed E-state index contributed by atoms with van der Waals surface area (Å²) in [5.74, 6) is 5.12. The van der Waals surface area contributed by atoms with Gasteiger partial charge in [-0.05, 0) is 24.0 Å². The first-order chi connectivity index (χ1) is 7.40. The molecule has 0 amide bonds. The molecule has 2 heterocycles. The van der Waals surface area contributed by atoms with Gasteiger partial charge in [-0.1, -0.05) is 0 Å². The van der Waals surface area contributed by atoms with Crippen LogP contribution in [-0.4, -0.2) is 16.3 Å². The zero-order valence-electron chi connectivity index (χ0n) is 7.68. The molecule has 2 rings (SSSR count). The molecule has 72 valence electrons. The maximum Gasteiger partial charge on any atom is 0.193 e. The molecule has 15 heavy (non-hydrogen) atoms. The van der Waals surface area contributed by atoms with Gasteiger partial charge >= 0.3 is 0 Å². The van der Waals surface area contributed by atoms with E-state index >= 15 is 0 Å². The standard InChI is InChI=1S/C11H6N2OS/c14-5-1-2-10-3-4-11(15-10)9-6-12-8-13-7-9/h3-8H. The van der Waals surface area contributed by atoms with Gasteiger partial charge in [0, 0.05) is 22.8 Å². The lowest BCUT2D eigenvalue weighted by Crippen LogP contribution is -1.77. The summed E-state index contributed by atoms with van der Waals surface area (Å²) in [6.45, 7) is 0. The second kappa shape index (κ2) is 4.49. The number of carbonyl (C=O) groups excluding carboxylic acids is 1. The molecular formula is C11H6N2OS.